The van der Waals surface area contributed by atoms with Crippen molar-refractivity contribution in [3.63, 3.8) is 0 Å². The second-order valence-electron chi connectivity index (χ2n) is 5.79. The molecule has 1 aliphatic heterocycles. The van der Waals surface area contributed by atoms with Crippen molar-refractivity contribution in [3.05, 3.63) is 71.8 Å². The third-order valence-corrected chi connectivity index (χ3v) is 5.19. The number of imide groups is 1. The molecular weight excluding hydrogens is 371 g/mol. The second-order valence-corrected chi connectivity index (χ2v) is 7.24. The Labute approximate surface area is 156 Å². The number of phosphoric ester groups is 1. The lowest BCUT2D eigenvalue weighted by atomic mass is 9.83. The van der Waals surface area contributed by atoms with Gasteiger partial charge in [0.2, 0.25) is 0 Å². The van der Waals surface area contributed by atoms with Crippen LogP contribution in [0.25, 0.3) is 0 Å². The number of nitrogens with one attached hydrogen (secondary N) is 1. The molecule has 1 heterocycles. The van der Waals surface area contributed by atoms with Crippen LogP contribution in [0.3, 0.4) is 0 Å². The Morgan fingerprint density at radius 1 is 1.00 bits per heavy atom. The fourth-order valence-electron chi connectivity index (χ4n) is 2.96. The van der Waals surface area contributed by atoms with E-state index in [1.54, 1.807) is 60.7 Å². The first-order valence-corrected chi connectivity index (χ1v) is 9.77. The SMILES string of the molecule is CCOP(=O)(O)OCN1C(=O)NC(c2ccccc2)(c2ccccc2)C1=O. The molecule has 1 unspecified atom stereocenters. The van der Waals surface area contributed by atoms with Crippen LogP contribution < -0.4 is 5.32 Å². The minimum Gasteiger partial charge on any atom is -0.315 e. The van der Waals surface area contributed by atoms with Gasteiger partial charge in [0, 0.05) is 0 Å². The fraction of sp³-hybridized carbons (Fsp3) is 0.222. The van der Waals surface area contributed by atoms with Crippen LogP contribution in [-0.4, -0.2) is 35.1 Å². The number of rotatable bonds is 7. The molecule has 0 aliphatic carbocycles. The average molecular weight is 390 g/mol. The molecular formula is C18H19N2O6P. The van der Waals surface area contributed by atoms with E-state index >= 15 is 0 Å². The van der Waals surface area contributed by atoms with Gasteiger partial charge < -0.3 is 10.2 Å². The molecule has 3 amide bonds. The Bertz CT molecular complexity index is 834. The molecule has 1 fully saturated rings. The summed E-state index contributed by atoms with van der Waals surface area (Å²) in [7, 11) is -4.36. The standard InChI is InChI=1S/C18H19N2O6P/c1-2-25-27(23,24)26-13-20-16(21)18(19-17(20)22,14-9-5-3-6-10-14)15-11-7-4-8-12-15/h3-12H,2,13H2,1H3,(H,19,22)(H,23,24). The molecule has 142 valence electrons. The van der Waals surface area contributed by atoms with Gasteiger partial charge in [-0.25, -0.2) is 14.3 Å². The first-order chi connectivity index (χ1) is 12.9. The Kier molecular flexibility index (Phi) is 5.43. The molecule has 1 atom stereocenters. The van der Waals surface area contributed by atoms with Crippen molar-refractivity contribution in [3.8, 4) is 0 Å². The van der Waals surface area contributed by atoms with Gasteiger partial charge in [-0.15, -0.1) is 0 Å². The summed E-state index contributed by atoms with van der Waals surface area (Å²) in [5.41, 5.74) is -0.323. The van der Waals surface area contributed by atoms with Crippen LogP contribution in [0, 0.1) is 0 Å². The normalized spacial score (nSPS) is 18.2. The predicted octanol–water partition coefficient (Wildman–Crippen LogP) is 2.59. The number of amides is 3. The molecule has 0 spiro atoms. The Hall–Kier alpha value is -2.51. The van der Waals surface area contributed by atoms with Crippen molar-refractivity contribution in [2.45, 2.75) is 12.5 Å². The summed E-state index contributed by atoms with van der Waals surface area (Å²) >= 11 is 0. The Morgan fingerprint density at radius 2 is 1.52 bits per heavy atom. The monoisotopic (exact) mass is 390 g/mol. The number of nitrogens with zero attached hydrogens (tertiary/aromatic N) is 1. The Morgan fingerprint density at radius 3 is 2.00 bits per heavy atom. The highest BCUT2D eigenvalue weighted by Crippen LogP contribution is 2.44. The van der Waals surface area contributed by atoms with E-state index in [4.69, 9.17) is 4.52 Å². The molecule has 2 aromatic carbocycles. The smallest absolute Gasteiger partial charge is 0.315 e. The van der Waals surface area contributed by atoms with Crippen LogP contribution in [-0.2, 0) is 23.9 Å². The van der Waals surface area contributed by atoms with Gasteiger partial charge in [-0.3, -0.25) is 13.8 Å². The molecule has 9 heteroatoms. The molecule has 0 aromatic heterocycles. The van der Waals surface area contributed by atoms with Crippen LogP contribution in [0.5, 0.6) is 0 Å². The maximum atomic E-state index is 13.3. The first-order valence-electron chi connectivity index (χ1n) is 8.28. The van der Waals surface area contributed by atoms with Crippen molar-refractivity contribution in [2.24, 2.45) is 0 Å². The lowest BCUT2D eigenvalue weighted by Gasteiger charge is -2.28. The molecule has 2 aromatic rings. The van der Waals surface area contributed by atoms with Gasteiger partial charge in [0.05, 0.1) is 6.61 Å². The van der Waals surface area contributed by atoms with E-state index in [-0.39, 0.29) is 6.61 Å². The summed E-state index contributed by atoms with van der Waals surface area (Å²) in [6.45, 7) is 0.765. The molecule has 8 nitrogen and oxygen atoms in total. The number of phosphoric acid groups is 1. The minimum atomic E-state index is -4.36. The van der Waals surface area contributed by atoms with E-state index in [0.717, 1.165) is 4.90 Å². The minimum absolute atomic E-state index is 0.0497. The van der Waals surface area contributed by atoms with Crippen LogP contribution >= 0.6 is 7.82 Å². The summed E-state index contributed by atoms with van der Waals surface area (Å²) in [5.74, 6) is -0.610. The Balaban J connectivity index is 1.98. The van der Waals surface area contributed by atoms with Crippen LogP contribution in [0.4, 0.5) is 4.79 Å². The van der Waals surface area contributed by atoms with E-state index in [0.29, 0.717) is 11.1 Å². The van der Waals surface area contributed by atoms with Crippen LogP contribution in [0.1, 0.15) is 18.1 Å². The average Bonchev–Trinajstić information content (AvgIpc) is 2.92. The third-order valence-electron chi connectivity index (χ3n) is 4.16. The number of carbonyl (C=O) groups is 2. The van der Waals surface area contributed by atoms with Gasteiger partial charge in [0.15, 0.2) is 5.54 Å². The highest BCUT2D eigenvalue weighted by atomic mass is 31.2. The quantitative estimate of drug-likeness (QED) is 0.556. The molecule has 0 radical (unpaired) electrons. The van der Waals surface area contributed by atoms with Crippen LogP contribution in [0.15, 0.2) is 60.7 Å². The molecule has 2 N–H and O–H groups in total. The maximum Gasteiger partial charge on any atom is 0.473 e. The van der Waals surface area contributed by atoms with Gasteiger partial charge in [-0.2, -0.15) is 0 Å². The third kappa shape index (κ3) is 3.65. The van der Waals surface area contributed by atoms with Gasteiger partial charge in [0.1, 0.15) is 6.73 Å². The van der Waals surface area contributed by atoms with Crippen LogP contribution in [0.2, 0.25) is 0 Å². The topological polar surface area (TPSA) is 105 Å². The molecule has 1 saturated heterocycles. The molecule has 1 aliphatic rings. The second kappa shape index (κ2) is 7.62. The zero-order chi connectivity index (χ0) is 19.5. The summed E-state index contributed by atoms with van der Waals surface area (Å²) < 4.78 is 21.1. The van der Waals surface area contributed by atoms with Gasteiger partial charge in [0.25, 0.3) is 5.91 Å². The zero-order valence-corrected chi connectivity index (χ0v) is 15.5. The van der Waals surface area contributed by atoms with Crippen molar-refractivity contribution in [1.29, 1.82) is 0 Å². The first kappa shape index (κ1) is 19.3. The van der Waals surface area contributed by atoms with E-state index in [9.17, 15) is 19.0 Å². The highest BCUT2D eigenvalue weighted by molar-refractivity contribution is 7.47. The van der Waals surface area contributed by atoms with E-state index < -0.39 is 32.0 Å². The number of hydrogen-bond donors (Lipinski definition) is 2. The number of benzene rings is 2. The van der Waals surface area contributed by atoms with Crippen molar-refractivity contribution < 1.29 is 28.1 Å². The van der Waals surface area contributed by atoms with E-state index in [2.05, 4.69) is 9.84 Å². The van der Waals surface area contributed by atoms with Gasteiger partial charge >= 0.3 is 13.9 Å². The summed E-state index contributed by atoms with van der Waals surface area (Å²) in [6.07, 6.45) is 0. The fourth-order valence-corrected chi connectivity index (χ4v) is 3.62. The van der Waals surface area contributed by atoms with E-state index in [1.807, 2.05) is 0 Å². The highest BCUT2D eigenvalue weighted by Gasteiger charge is 2.54. The molecule has 0 bridgehead atoms. The molecule has 0 saturated carbocycles. The maximum absolute atomic E-state index is 13.3. The van der Waals surface area contributed by atoms with Crippen molar-refractivity contribution in [2.75, 3.05) is 13.3 Å². The van der Waals surface area contributed by atoms with Crippen molar-refractivity contribution >= 4 is 19.8 Å². The molecule has 27 heavy (non-hydrogen) atoms. The lowest BCUT2D eigenvalue weighted by Crippen LogP contribution is -2.45. The lowest BCUT2D eigenvalue weighted by molar-refractivity contribution is -0.132. The summed E-state index contributed by atoms with van der Waals surface area (Å²) in [6, 6.07) is 16.8. The van der Waals surface area contributed by atoms with Crippen molar-refractivity contribution in [1.82, 2.24) is 10.2 Å². The van der Waals surface area contributed by atoms with Gasteiger partial charge in [-0.1, -0.05) is 60.7 Å². The number of urea groups is 1. The predicted molar refractivity (Wildman–Crippen MR) is 96.4 cm³/mol. The van der Waals surface area contributed by atoms with E-state index in [1.165, 1.54) is 6.92 Å². The van der Waals surface area contributed by atoms with Gasteiger partial charge in [-0.05, 0) is 18.1 Å². The largest absolute Gasteiger partial charge is 0.473 e. The summed E-state index contributed by atoms with van der Waals surface area (Å²) in [5, 5.41) is 2.71. The zero-order valence-electron chi connectivity index (χ0n) is 14.6. The molecule has 3 rings (SSSR count). The number of hydrogen-bond acceptors (Lipinski definition) is 5. The summed E-state index contributed by atoms with van der Waals surface area (Å²) in [4.78, 5) is 36.1. The number of carbonyl (C=O) groups excluding carboxylic acids is 2.